The van der Waals surface area contributed by atoms with E-state index in [1.165, 1.54) is 12.1 Å². The van der Waals surface area contributed by atoms with Gasteiger partial charge in [0.15, 0.2) is 11.5 Å². The van der Waals surface area contributed by atoms with Crippen molar-refractivity contribution in [3.8, 4) is 17.6 Å². The molecule has 0 heterocycles. The van der Waals surface area contributed by atoms with E-state index < -0.39 is 6.04 Å². The number of phenols is 2. The van der Waals surface area contributed by atoms with Crippen LogP contribution in [0, 0.1) is 11.3 Å². The molecule has 96 valence electrons. The smallest absolute Gasteiger partial charge is 0.157 e. The van der Waals surface area contributed by atoms with E-state index in [1.807, 2.05) is 0 Å². The Hall–Kier alpha value is -2.38. The van der Waals surface area contributed by atoms with Gasteiger partial charge in [-0.25, -0.2) is 0 Å². The van der Waals surface area contributed by atoms with Gasteiger partial charge in [-0.3, -0.25) is 0 Å². The van der Waals surface area contributed by atoms with E-state index in [0.29, 0.717) is 16.3 Å². The van der Waals surface area contributed by atoms with Gasteiger partial charge < -0.3 is 15.5 Å². The van der Waals surface area contributed by atoms with Crippen molar-refractivity contribution in [2.75, 3.05) is 5.32 Å². The third-order valence-electron chi connectivity index (χ3n) is 2.60. The molecule has 0 fully saturated rings. The van der Waals surface area contributed by atoms with Crippen LogP contribution in [0.25, 0.3) is 0 Å². The summed E-state index contributed by atoms with van der Waals surface area (Å²) in [6.45, 7) is 0. The van der Waals surface area contributed by atoms with E-state index >= 15 is 0 Å². The second-order valence-corrected chi connectivity index (χ2v) is 4.40. The van der Waals surface area contributed by atoms with Crippen molar-refractivity contribution >= 4 is 17.3 Å². The first kappa shape index (κ1) is 13.1. The molecule has 1 atom stereocenters. The number of hydrogen-bond acceptors (Lipinski definition) is 4. The quantitative estimate of drug-likeness (QED) is 0.750. The minimum atomic E-state index is -0.648. The van der Waals surface area contributed by atoms with Crippen LogP contribution in [-0.4, -0.2) is 10.2 Å². The predicted molar refractivity (Wildman–Crippen MR) is 73.2 cm³/mol. The van der Waals surface area contributed by atoms with Crippen molar-refractivity contribution in [1.82, 2.24) is 0 Å². The molecule has 0 aromatic heterocycles. The Labute approximate surface area is 115 Å². The number of phenolic OH excluding ortho intramolecular Hbond substituents is 2. The van der Waals surface area contributed by atoms with E-state index in [2.05, 4.69) is 11.4 Å². The third-order valence-corrected chi connectivity index (χ3v) is 2.83. The normalized spacial score (nSPS) is 11.6. The largest absolute Gasteiger partial charge is 0.504 e. The van der Waals surface area contributed by atoms with Crippen LogP contribution in [-0.2, 0) is 0 Å². The SMILES string of the molecule is N#CC(Nc1cccc(Cl)c1)c1ccc(O)c(O)c1. The lowest BCUT2D eigenvalue weighted by Gasteiger charge is -2.14. The zero-order valence-corrected chi connectivity index (χ0v) is 10.6. The number of benzene rings is 2. The van der Waals surface area contributed by atoms with Gasteiger partial charge in [-0.05, 0) is 35.9 Å². The summed E-state index contributed by atoms with van der Waals surface area (Å²) in [5.41, 5.74) is 1.25. The maximum absolute atomic E-state index is 9.45. The monoisotopic (exact) mass is 274 g/mol. The molecule has 2 aromatic carbocycles. The van der Waals surface area contributed by atoms with Crippen LogP contribution in [0.2, 0.25) is 5.02 Å². The topological polar surface area (TPSA) is 76.3 Å². The number of aromatic hydroxyl groups is 2. The molecule has 0 aliphatic heterocycles. The zero-order chi connectivity index (χ0) is 13.8. The first-order valence-corrected chi connectivity index (χ1v) is 5.91. The van der Waals surface area contributed by atoms with Crippen LogP contribution in [0.5, 0.6) is 11.5 Å². The highest BCUT2D eigenvalue weighted by atomic mass is 35.5. The van der Waals surface area contributed by atoms with Crippen molar-refractivity contribution in [2.45, 2.75) is 6.04 Å². The number of hydrogen-bond donors (Lipinski definition) is 3. The first-order chi connectivity index (χ1) is 9.10. The van der Waals surface area contributed by atoms with Gasteiger partial charge in [0.2, 0.25) is 0 Å². The summed E-state index contributed by atoms with van der Waals surface area (Å²) in [5, 5.41) is 31.4. The van der Waals surface area contributed by atoms with E-state index in [0.717, 1.165) is 0 Å². The maximum atomic E-state index is 9.45. The molecule has 0 amide bonds. The van der Waals surface area contributed by atoms with Gasteiger partial charge >= 0.3 is 0 Å². The van der Waals surface area contributed by atoms with Crippen LogP contribution >= 0.6 is 11.6 Å². The third kappa shape index (κ3) is 3.09. The molecule has 0 radical (unpaired) electrons. The van der Waals surface area contributed by atoms with Crippen LogP contribution in [0.15, 0.2) is 42.5 Å². The second kappa shape index (κ2) is 5.51. The van der Waals surface area contributed by atoms with E-state index in [4.69, 9.17) is 11.6 Å². The Morgan fingerprint density at radius 2 is 1.89 bits per heavy atom. The standard InChI is InChI=1S/C14H11ClN2O2/c15-10-2-1-3-11(7-10)17-12(8-16)9-4-5-13(18)14(19)6-9/h1-7,12,17-19H. The minimum Gasteiger partial charge on any atom is -0.504 e. The van der Waals surface area contributed by atoms with E-state index in [1.54, 1.807) is 30.3 Å². The summed E-state index contributed by atoms with van der Waals surface area (Å²) in [6.07, 6.45) is 0. The Balaban J connectivity index is 2.25. The molecule has 3 N–H and O–H groups in total. The summed E-state index contributed by atoms with van der Waals surface area (Å²) in [5.74, 6) is -0.478. The molecule has 19 heavy (non-hydrogen) atoms. The molecule has 1 unspecified atom stereocenters. The Bertz CT molecular complexity index is 638. The summed E-state index contributed by atoms with van der Waals surface area (Å²) in [4.78, 5) is 0. The molecule has 2 rings (SSSR count). The molecule has 0 bridgehead atoms. The summed E-state index contributed by atoms with van der Waals surface area (Å²) < 4.78 is 0. The molecular weight excluding hydrogens is 264 g/mol. The number of rotatable bonds is 3. The van der Waals surface area contributed by atoms with Gasteiger partial charge in [0.25, 0.3) is 0 Å². The molecule has 0 saturated carbocycles. The van der Waals surface area contributed by atoms with Gasteiger partial charge in [0.1, 0.15) is 6.04 Å². The van der Waals surface area contributed by atoms with Crippen LogP contribution in [0.3, 0.4) is 0 Å². The van der Waals surface area contributed by atoms with Crippen molar-refractivity contribution in [3.63, 3.8) is 0 Å². The number of nitrogens with zero attached hydrogens (tertiary/aromatic N) is 1. The van der Waals surface area contributed by atoms with Gasteiger partial charge in [0, 0.05) is 10.7 Å². The number of nitriles is 1. The van der Waals surface area contributed by atoms with Crippen molar-refractivity contribution in [2.24, 2.45) is 0 Å². The molecule has 4 nitrogen and oxygen atoms in total. The first-order valence-electron chi connectivity index (χ1n) is 5.54. The molecule has 0 saturated heterocycles. The Morgan fingerprint density at radius 3 is 2.53 bits per heavy atom. The maximum Gasteiger partial charge on any atom is 0.157 e. The van der Waals surface area contributed by atoms with Crippen LogP contribution in [0.1, 0.15) is 11.6 Å². The number of halogens is 1. The van der Waals surface area contributed by atoms with Gasteiger partial charge in [-0.2, -0.15) is 5.26 Å². The molecular formula is C14H11ClN2O2. The van der Waals surface area contributed by atoms with Crippen molar-refractivity contribution in [3.05, 3.63) is 53.1 Å². The van der Waals surface area contributed by atoms with Crippen molar-refractivity contribution in [1.29, 1.82) is 5.26 Å². The predicted octanol–water partition coefficient (Wildman–Crippen LogP) is 3.43. The lowest BCUT2D eigenvalue weighted by Crippen LogP contribution is -2.08. The molecule has 0 aliphatic carbocycles. The average Bonchev–Trinajstić information content (AvgIpc) is 2.39. The highest BCUT2D eigenvalue weighted by Gasteiger charge is 2.12. The Kier molecular flexibility index (Phi) is 3.79. The minimum absolute atomic E-state index is 0.219. The lowest BCUT2D eigenvalue weighted by atomic mass is 10.1. The second-order valence-electron chi connectivity index (χ2n) is 3.96. The molecule has 0 aliphatic rings. The van der Waals surface area contributed by atoms with Crippen molar-refractivity contribution < 1.29 is 10.2 Å². The lowest BCUT2D eigenvalue weighted by molar-refractivity contribution is 0.403. The summed E-state index contributed by atoms with van der Waals surface area (Å²) >= 11 is 5.87. The molecule has 5 heteroatoms. The highest BCUT2D eigenvalue weighted by molar-refractivity contribution is 6.30. The fourth-order valence-corrected chi connectivity index (χ4v) is 1.85. The fraction of sp³-hybridized carbons (Fsp3) is 0.0714. The fourth-order valence-electron chi connectivity index (χ4n) is 1.66. The van der Waals surface area contributed by atoms with Crippen LogP contribution < -0.4 is 5.32 Å². The van der Waals surface area contributed by atoms with Gasteiger partial charge in [-0.15, -0.1) is 0 Å². The summed E-state index contributed by atoms with van der Waals surface area (Å²) in [6, 6.07) is 12.7. The van der Waals surface area contributed by atoms with E-state index in [-0.39, 0.29) is 11.5 Å². The Morgan fingerprint density at radius 1 is 1.11 bits per heavy atom. The zero-order valence-electron chi connectivity index (χ0n) is 9.84. The average molecular weight is 275 g/mol. The number of anilines is 1. The van der Waals surface area contributed by atoms with E-state index in [9.17, 15) is 15.5 Å². The summed E-state index contributed by atoms with van der Waals surface area (Å²) in [7, 11) is 0. The van der Waals surface area contributed by atoms with Gasteiger partial charge in [0.05, 0.1) is 6.07 Å². The molecule has 2 aromatic rings. The number of nitrogens with one attached hydrogen (secondary N) is 1. The van der Waals surface area contributed by atoms with Crippen LogP contribution in [0.4, 0.5) is 5.69 Å². The van der Waals surface area contributed by atoms with Gasteiger partial charge in [-0.1, -0.05) is 23.7 Å². The highest BCUT2D eigenvalue weighted by Crippen LogP contribution is 2.29. The molecule has 0 spiro atoms.